The fourth-order valence-electron chi connectivity index (χ4n) is 4.58. The molecule has 3 aromatic rings. The number of halogens is 4. The number of aryl methyl sites for hydroxylation is 1. The molecule has 1 amide bonds. The lowest BCUT2D eigenvalue weighted by atomic mass is 10.0. The summed E-state index contributed by atoms with van der Waals surface area (Å²) < 4.78 is 59.6. The van der Waals surface area contributed by atoms with Crippen LogP contribution in [0.25, 0.3) is 0 Å². The van der Waals surface area contributed by atoms with E-state index in [1.165, 1.54) is 29.2 Å². The first-order valence-electron chi connectivity index (χ1n) is 12.3. The number of rotatable bonds is 4. The van der Waals surface area contributed by atoms with E-state index in [2.05, 4.69) is 14.8 Å². The number of carbonyl (C=O) groups excluding carboxylic acids is 1. The van der Waals surface area contributed by atoms with E-state index in [1.54, 1.807) is 13.0 Å². The van der Waals surface area contributed by atoms with Gasteiger partial charge in [-0.1, -0.05) is 6.07 Å². The zero-order chi connectivity index (χ0) is 27.0. The molecule has 38 heavy (non-hydrogen) atoms. The van der Waals surface area contributed by atoms with Crippen LogP contribution in [0.1, 0.15) is 32.7 Å². The van der Waals surface area contributed by atoms with Gasteiger partial charge < -0.3 is 19.4 Å². The molecule has 5 rings (SSSR count). The fraction of sp³-hybridized carbons (Fsp3) is 0.370. The van der Waals surface area contributed by atoms with E-state index in [1.807, 2.05) is 7.05 Å². The lowest BCUT2D eigenvalue weighted by Crippen LogP contribution is -2.45. The number of ether oxygens (including phenoxy) is 1. The Bertz CT molecular complexity index is 1360. The van der Waals surface area contributed by atoms with Gasteiger partial charge in [-0.3, -0.25) is 4.79 Å². The Morgan fingerprint density at radius 3 is 2.47 bits per heavy atom. The van der Waals surface area contributed by atoms with Crippen molar-refractivity contribution in [1.29, 1.82) is 0 Å². The standard InChI is InChI=1S/C27H27F4N5O2/c1-17-14-20(6-7-22(17)28)38-24-21-16-36(25(37)18-4-3-5-19(15-18)27(29,30)31)9-8-23(21)32-26(33-24)35-12-10-34(2)11-13-35/h3-7,14-15H,8-13,16H2,1-2H3. The number of benzene rings is 2. The molecule has 0 radical (unpaired) electrons. The van der Waals surface area contributed by atoms with Crippen LogP contribution in [0.15, 0.2) is 42.5 Å². The number of amides is 1. The van der Waals surface area contributed by atoms with Crippen molar-refractivity contribution >= 4 is 11.9 Å². The highest BCUT2D eigenvalue weighted by molar-refractivity contribution is 5.94. The Hall–Kier alpha value is -3.73. The molecule has 0 N–H and O–H groups in total. The van der Waals surface area contributed by atoms with Crippen molar-refractivity contribution in [2.24, 2.45) is 0 Å². The minimum Gasteiger partial charge on any atom is -0.438 e. The third-order valence-electron chi connectivity index (χ3n) is 6.86. The number of hydrogen-bond acceptors (Lipinski definition) is 6. The minimum atomic E-state index is -4.55. The molecule has 0 spiro atoms. The molecule has 2 aliphatic heterocycles. The molecule has 2 aromatic carbocycles. The third-order valence-corrected chi connectivity index (χ3v) is 6.86. The maximum Gasteiger partial charge on any atom is 0.416 e. The van der Waals surface area contributed by atoms with Crippen molar-refractivity contribution in [3.8, 4) is 11.6 Å². The molecule has 0 aliphatic carbocycles. The van der Waals surface area contributed by atoms with E-state index in [9.17, 15) is 22.4 Å². The van der Waals surface area contributed by atoms with Gasteiger partial charge in [0.05, 0.1) is 23.4 Å². The van der Waals surface area contributed by atoms with Gasteiger partial charge in [-0.2, -0.15) is 18.2 Å². The summed E-state index contributed by atoms with van der Waals surface area (Å²) in [5.41, 5.74) is 0.782. The first kappa shape index (κ1) is 25.9. The average Bonchev–Trinajstić information content (AvgIpc) is 2.90. The molecule has 200 valence electrons. The number of likely N-dealkylation sites (N-methyl/N-ethyl adjacent to an activating group) is 1. The van der Waals surface area contributed by atoms with Crippen LogP contribution in [0.3, 0.4) is 0 Å². The van der Waals surface area contributed by atoms with Gasteiger partial charge in [0.15, 0.2) is 0 Å². The van der Waals surface area contributed by atoms with Gasteiger partial charge in [0.1, 0.15) is 11.6 Å². The Labute approximate surface area is 217 Å². The summed E-state index contributed by atoms with van der Waals surface area (Å²) in [6, 6.07) is 8.78. The molecule has 0 unspecified atom stereocenters. The number of piperazine rings is 1. The molecule has 0 atom stereocenters. The van der Waals surface area contributed by atoms with Gasteiger partial charge in [-0.15, -0.1) is 0 Å². The predicted octanol–water partition coefficient (Wildman–Crippen LogP) is 4.69. The van der Waals surface area contributed by atoms with Crippen molar-refractivity contribution < 1.29 is 27.1 Å². The lowest BCUT2D eigenvalue weighted by molar-refractivity contribution is -0.137. The molecule has 11 heteroatoms. The van der Waals surface area contributed by atoms with Gasteiger partial charge in [-0.05, 0) is 55.9 Å². The first-order valence-corrected chi connectivity index (χ1v) is 12.3. The monoisotopic (exact) mass is 529 g/mol. The van der Waals surface area contributed by atoms with Crippen LogP contribution in [0.2, 0.25) is 0 Å². The van der Waals surface area contributed by atoms with E-state index in [-0.39, 0.29) is 30.4 Å². The van der Waals surface area contributed by atoms with Gasteiger partial charge in [0.2, 0.25) is 11.8 Å². The molecule has 0 saturated carbocycles. The summed E-state index contributed by atoms with van der Waals surface area (Å²) >= 11 is 0. The van der Waals surface area contributed by atoms with Crippen LogP contribution in [0.4, 0.5) is 23.5 Å². The first-order chi connectivity index (χ1) is 18.1. The van der Waals surface area contributed by atoms with Crippen LogP contribution < -0.4 is 9.64 Å². The van der Waals surface area contributed by atoms with Crippen LogP contribution in [-0.4, -0.2) is 65.4 Å². The molecule has 3 heterocycles. The van der Waals surface area contributed by atoms with Crippen molar-refractivity contribution in [2.75, 3.05) is 44.7 Å². The zero-order valence-corrected chi connectivity index (χ0v) is 21.1. The highest BCUT2D eigenvalue weighted by atomic mass is 19.4. The molecular formula is C27H27F4N5O2. The van der Waals surface area contributed by atoms with Crippen LogP contribution in [-0.2, 0) is 19.1 Å². The van der Waals surface area contributed by atoms with Crippen molar-refractivity contribution in [3.63, 3.8) is 0 Å². The summed E-state index contributed by atoms with van der Waals surface area (Å²) in [5.74, 6) is 0.266. The summed E-state index contributed by atoms with van der Waals surface area (Å²) in [4.78, 5) is 28.4. The number of hydrogen-bond donors (Lipinski definition) is 0. The Morgan fingerprint density at radius 1 is 1.00 bits per heavy atom. The van der Waals surface area contributed by atoms with E-state index in [4.69, 9.17) is 9.72 Å². The Morgan fingerprint density at radius 2 is 1.76 bits per heavy atom. The van der Waals surface area contributed by atoms with E-state index < -0.39 is 17.6 Å². The second-order valence-electron chi connectivity index (χ2n) is 9.61. The summed E-state index contributed by atoms with van der Waals surface area (Å²) in [7, 11) is 2.05. The van der Waals surface area contributed by atoms with Crippen LogP contribution in [0.5, 0.6) is 11.6 Å². The minimum absolute atomic E-state index is 0.0464. The number of nitrogens with zero attached hydrogens (tertiary/aromatic N) is 5. The molecule has 0 bridgehead atoms. The number of anilines is 1. The zero-order valence-electron chi connectivity index (χ0n) is 21.1. The Kier molecular flexibility index (Phi) is 6.95. The quantitative estimate of drug-likeness (QED) is 0.458. The predicted molar refractivity (Wildman–Crippen MR) is 133 cm³/mol. The van der Waals surface area contributed by atoms with Gasteiger partial charge in [0.25, 0.3) is 5.91 Å². The van der Waals surface area contributed by atoms with E-state index in [0.717, 1.165) is 44.0 Å². The van der Waals surface area contributed by atoms with Crippen molar-refractivity contribution in [1.82, 2.24) is 19.8 Å². The van der Waals surface area contributed by atoms with Crippen molar-refractivity contribution in [3.05, 3.63) is 76.2 Å². The van der Waals surface area contributed by atoms with Crippen molar-refractivity contribution in [2.45, 2.75) is 26.1 Å². The molecule has 2 aliphatic rings. The summed E-state index contributed by atoms with van der Waals surface area (Å²) in [6.07, 6.45) is -4.16. The fourth-order valence-corrected chi connectivity index (χ4v) is 4.58. The lowest BCUT2D eigenvalue weighted by Gasteiger charge is -2.34. The van der Waals surface area contributed by atoms with E-state index in [0.29, 0.717) is 29.2 Å². The van der Waals surface area contributed by atoms with Gasteiger partial charge in [0, 0.05) is 44.7 Å². The second-order valence-corrected chi connectivity index (χ2v) is 9.61. The molecule has 1 fully saturated rings. The maximum atomic E-state index is 13.8. The topological polar surface area (TPSA) is 61.8 Å². The van der Waals surface area contributed by atoms with E-state index >= 15 is 0 Å². The normalized spacial score (nSPS) is 16.4. The molecular weight excluding hydrogens is 502 g/mol. The highest BCUT2D eigenvalue weighted by Crippen LogP contribution is 2.34. The average molecular weight is 530 g/mol. The largest absolute Gasteiger partial charge is 0.438 e. The van der Waals surface area contributed by atoms with Crippen LogP contribution in [0, 0.1) is 12.7 Å². The highest BCUT2D eigenvalue weighted by Gasteiger charge is 2.33. The molecule has 7 nitrogen and oxygen atoms in total. The number of alkyl halides is 3. The number of carbonyl (C=O) groups is 1. The Balaban J connectivity index is 1.47. The van der Waals surface area contributed by atoms with Crippen LogP contribution >= 0.6 is 0 Å². The van der Waals surface area contributed by atoms with Gasteiger partial charge in [-0.25, -0.2) is 9.37 Å². The van der Waals surface area contributed by atoms with Gasteiger partial charge >= 0.3 is 6.18 Å². The summed E-state index contributed by atoms with van der Waals surface area (Å²) in [6.45, 7) is 5.18. The third kappa shape index (κ3) is 5.42. The smallest absolute Gasteiger partial charge is 0.416 e. The SMILES string of the molecule is Cc1cc(Oc2nc(N3CCN(C)CC3)nc3c2CN(C(=O)c2cccc(C(F)(F)F)c2)CC3)ccc1F. The maximum absolute atomic E-state index is 13.8. The number of aromatic nitrogens is 2. The molecule has 1 aromatic heterocycles. The second kappa shape index (κ2) is 10.2. The summed E-state index contributed by atoms with van der Waals surface area (Å²) in [5, 5.41) is 0. The molecule has 1 saturated heterocycles. The number of fused-ring (bicyclic) bond motifs is 1.